The van der Waals surface area contributed by atoms with Crippen LogP contribution in [0.4, 0.5) is 11.4 Å². The highest BCUT2D eigenvalue weighted by Crippen LogP contribution is 2.25. The molecule has 0 unspecified atom stereocenters. The molecule has 2 aromatic carbocycles. The topological polar surface area (TPSA) is 109 Å². The molecule has 0 aliphatic carbocycles. The molecule has 0 saturated carbocycles. The van der Waals surface area contributed by atoms with Gasteiger partial charge in [-0.25, -0.2) is 8.42 Å². The van der Waals surface area contributed by atoms with Crippen molar-refractivity contribution in [3.8, 4) is 0 Å². The van der Waals surface area contributed by atoms with Crippen LogP contribution in [-0.2, 0) is 21.4 Å². The summed E-state index contributed by atoms with van der Waals surface area (Å²) in [4.78, 5) is 25.3. The normalized spacial score (nSPS) is 11.1. The lowest BCUT2D eigenvalue weighted by molar-refractivity contribution is -0.114. The third-order valence-corrected chi connectivity index (χ3v) is 5.93. The number of nitrogens with zero attached hydrogens (tertiary/aromatic N) is 1. The third-order valence-electron chi connectivity index (χ3n) is 4.56. The Morgan fingerprint density at radius 3 is 2.50 bits per heavy atom. The molecule has 0 bridgehead atoms. The Labute approximate surface area is 191 Å². The van der Waals surface area contributed by atoms with Crippen LogP contribution >= 0.6 is 11.6 Å². The molecule has 0 spiro atoms. The van der Waals surface area contributed by atoms with Crippen LogP contribution in [0.3, 0.4) is 0 Å². The van der Waals surface area contributed by atoms with Crippen LogP contribution in [0.5, 0.6) is 0 Å². The second-order valence-electron chi connectivity index (χ2n) is 7.06. The third kappa shape index (κ3) is 5.89. The highest BCUT2D eigenvalue weighted by molar-refractivity contribution is 7.92. The number of aryl methyl sites for hydroxylation is 1. The van der Waals surface area contributed by atoms with Crippen LogP contribution in [0, 0.1) is 6.92 Å². The molecule has 1 aromatic heterocycles. The summed E-state index contributed by atoms with van der Waals surface area (Å²) in [6.45, 7) is 1.42. The van der Waals surface area contributed by atoms with Gasteiger partial charge in [-0.2, -0.15) is 0 Å². The molecule has 0 saturated heterocycles. The molecule has 0 aliphatic rings. The Morgan fingerprint density at radius 1 is 1.09 bits per heavy atom. The number of nitrogens with one attached hydrogen (secondary N) is 2. The van der Waals surface area contributed by atoms with E-state index >= 15 is 0 Å². The van der Waals surface area contributed by atoms with E-state index < -0.39 is 28.4 Å². The van der Waals surface area contributed by atoms with E-state index in [-0.39, 0.29) is 17.8 Å². The molecule has 168 valence electrons. The minimum Gasteiger partial charge on any atom is -0.467 e. The van der Waals surface area contributed by atoms with Crippen LogP contribution < -0.4 is 14.9 Å². The van der Waals surface area contributed by atoms with Crippen molar-refractivity contribution >= 4 is 44.8 Å². The largest absolute Gasteiger partial charge is 0.467 e. The Hall–Kier alpha value is -3.30. The van der Waals surface area contributed by atoms with E-state index in [0.717, 1.165) is 10.6 Å². The molecule has 0 atom stereocenters. The monoisotopic (exact) mass is 475 g/mol. The SMILES string of the molecule is Cc1cc(Cl)ccc1N(CC(=O)Nc1ccccc1C(=O)NCc1ccco1)S(C)(=O)=O. The Bertz CT molecular complexity index is 1230. The van der Waals surface area contributed by atoms with Crippen LogP contribution in [0.2, 0.25) is 5.02 Å². The van der Waals surface area contributed by atoms with Gasteiger partial charge in [0.2, 0.25) is 15.9 Å². The molecule has 0 radical (unpaired) electrons. The van der Waals surface area contributed by atoms with Crippen molar-refractivity contribution in [3.63, 3.8) is 0 Å². The Morgan fingerprint density at radius 2 is 1.84 bits per heavy atom. The number of carbonyl (C=O) groups excluding carboxylic acids is 2. The number of carbonyl (C=O) groups is 2. The molecule has 32 heavy (non-hydrogen) atoms. The first-order valence-corrected chi connectivity index (χ1v) is 11.8. The number of hydrogen-bond donors (Lipinski definition) is 2. The van der Waals surface area contributed by atoms with Crippen molar-refractivity contribution in [2.45, 2.75) is 13.5 Å². The molecule has 3 aromatic rings. The van der Waals surface area contributed by atoms with Gasteiger partial charge in [0, 0.05) is 5.02 Å². The summed E-state index contributed by atoms with van der Waals surface area (Å²) in [6, 6.07) is 14.6. The number of hydrogen-bond acceptors (Lipinski definition) is 5. The van der Waals surface area contributed by atoms with Crippen molar-refractivity contribution in [1.82, 2.24) is 5.32 Å². The summed E-state index contributed by atoms with van der Waals surface area (Å²) < 4.78 is 30.9. The van der Waals surface area contributed by atoms with Crippen molar-refractivity contribution < 1.29 is 22.4 Å². The number of anilines is 2. The van der Waals surface area contributed by atoms with E-state index in [1.165, 1.54) is 6.26 Å². The fourth-order valence-corrected chi connectivity index (χ4v) is 4.21. The molecule has 3 rings (SSSR count). The maximum atomic E-state index is 12.8. The highest BCUT2D eigenvalue weighted by atomic mass is 35.5. The van der Waals surface area contributed by atoms with Crippen LogP contribution in [0.25, 0.3) is 0 Å². The quantitative estimate of drug-likeness (QED) is 0.517. The number of halogens is 1. The summed E-state index contributed by atoms with van der Waals surface area (Å²) in [7, 11) is -3.76. The minimum absolute atomic E-state index is 0.186. The van der Waals surface area contributed by atoms with Gasteiger partial charge >= 0.3 is 0 Å². The molecule has 0 fully saturated rings. The molecular weight excluding hydrogens is 454 g/mol. The summed E-state index contributed by atoms with van der Waals surface area (Å²) in [5.74, 6) is -0.427. The van der Waals surface area contributed by atoms with Crippen LogP contribution in [0.15, 0.2) is 65.3 Å². The number of rotatable bonds is 8. The predicted octanol–water partition coefficient (Wildman–Crippen LogP) is 3.58. The van der Waals surface area contributed by atoms with Gasteiger partial charge in [0.15, 0.2) is 0 Å². The average Bonchev–Trinajstić information content (AvgIpc) is 3.24. The van der Waals surface area contributed by atoms with E-state index in [4.69, 9.17) is 16.0 Å². The number of furan rings is 1. The molecule has 2 amide bonds. The molecule has 0 aliphatic heterocycles. The Kier molecular flexibility index (Phi) is 7.22. The van der Waals surface area contributed by atoms with Gasteiger partial charge in [-0.15, -0.1) is 0 Å². The lowest BCUT2D eigenvalue weighted by Crippen LogP contribution is -2.38. The second-order valence-corrected chi connectivity index (χ2v) is 9.40. The van der Waals surface area contributed by atoms with Gasteiger partial charge in [0.1, 0.15) is 12.3 Å². The maximum Gasteiger partial charge on any atom is 0.253 e. The molecule has 8 nitrogen and oxygen atoms in total. The molecular formula is C22H22ClN3O5S. The van der Waals surface area contributed by atoms with Crippen molar-refractivity contribution in [2.24, 2.45) is 0 Å². The van der Waals surface area contributed by atoms with E-state index in [1.807, 2.05) is 0 Å². The van der Waals surface area contributed by atoms with Crippen molar-refractivity contribution in [1.29, 1.82) is 0 Å². The van der Waals surface area contributed by atoms with Crippen molar-refractivity contribution in [3.05, 3.63) is 82.8 Å². The Balaban J connectivity index is 1.76. The van der Waals surface area contributed by atoms with Gasteiger partial charge in [-0.05, 0) is 55.0 Å². The fourth-order valence-electron chi connectivity index (χ4n) is 3.07. The van der Waals surface area contributed by atoms with Gasteiger partial charge in [-0.1, -0.05) is 23.7 Å². The maximum absolute atomic E-state index is 12.8. The molecule has 2 N–H and O–H groups in total. The summed E-state index contributed by atoms with van der Waals surface area (Å²) >= 11 is 5.96. The zero-order chi connectivity index (χ0) is 23.3. The van der Waals surface area contributed by atoms with E-state index in [2.05, 4.69) is 10.6 Å². The summed E-state index contributed by atoms with van der Waals surface area (Å²) in [5.41, 5.74) is 1.45. The minimum atomic E-state index is -3.76. The van der Waals surface area contributed by atoms with Crippen LogP contribution in [-0.4, -0.2) is 33.0 Å². The van der Waals surface area contributed by atoms with Gasteiger partial charge in [0.05, 0.1) is 36.0 Å². The first kappa shape index (κ1) is 23.4. The lowest BCUT2D eigenvalue weighted by atomic mass is 10.1. The fraction of sp³-hybridized carbons (Fsp3) is 0.182. The summed E-state index contributed by atoms with van der Waals surface area (Å²) in [6.07, 6.45) is 2.52. The molecule has 1 heterocycles. The smallest absolute Gasteiger partial charge is 0.253 e. The van der Waals surface area contributed by atoms with Crippen LogP contribution in [0.1, 0.15) is 21.7 Å². The first-order chi connectivity index (χ1) is 15.1. The highest BCUT2D eigenvalue weighted by Gasteiger charge is 2.23. The number of para-hydroxylation sites is 1. The van der Waals surface area contributed by atoms with Gasteiger partial charge in [0.25, 0.3) is 5.91 Å². The standard InChI is InChI=1S/C22H22ClN3O5S/c1-15-12-16(23)9-10-20(15)26(32(2,29)30)14-21(27)25-19-8-4-3-7-18(19)22(28)24-13-17-6-5-11-31-17/h3-12H,13-14H2,1-2H3,(H,24,28)(H,25,27). The lowest BCUT2D eigenvalue weighted by Gasteiger charge is -2.24. The number of sulfonamides is 1. The summed E-state index contributed by atoms with van der Waals surface area (Å²) in [5, 5.41) is 5.81. The first-order valence-electron chi connectivity index (χ1n) is 9.58. The van der Waals surface area contributed by atoms with E-state index in [9.17, 15) is 18.0 Å². The number of benzene rings is 2. The zero-order valence-corrected chi connectivity index (χ0v) is 19.0. The predicted molar refractivity (Wildman–Crippen MR) is 123 cm³/mol. The van der Waals surface area contributed by atoms with E-state index in [0.29, 0.717) is 22.0 Å². The zero-order valence-electron chi connectivity index (χ0n) is 17.5. The van der Waals surface area contributed by atoms with Crippen molar-refractivity contribution in [2.75, 3.05) is 22.4 Å². The van der Waals surface area contributed by atoms with E-state index in [1.54, 1.807) is 61.5 Å². The number of amides is 2. The molecule has 10 heteroatoms. The second kappa shape index (κ2) is 9.88. The van der Waals surface area contributed by atoms with Gasteiger partial charge < -0.3 is 15.1 Å². The van der Waals surface area contributed by atoms with Gasteiger partial charge in [-0.3, -0.25) is 13.9 Å². The average molecular weight is 476 g/mol.